The highest BCUT2D eigenvalue weighted by Crippen LogP contribution is 2.30. The van der Waals surface area contributed by atoms with Gasteiger partial charge in [0.1, 0.15) is 0 Å². The van der Waals surface area contributed by atoms with Crippen LogP contribution in [0, 0.1) is 5.92 Å². The predicted octanol–water partition coefficient (Wildman–Crippen LogP) is 2.13. The molecule has 4 heteroatoms. The maximum atomic E-state index is 4.35. The van der Waals surface area contributed by atoms with Crippen LogP contribution in [0.1, 0.15) is 26.0 Å². The molecular formula is C13H23N3S. The Hall–Kier alpha value is -0.480. The fourth-order valence-electron chi connectivity index (χ4n) is 2.68. The van der Waals surface area contributed by atoms with E-state index in [0.29, 0.717) is 5.92 Å². The molecule has 2 rings (SSSR count). The van der Waals surface area contributed by atoms with E-state index in [1.807, 2.05) is 18.1 Å². The van der Waals surface area contributed by atoms with Crippen molar-refractivity contribution in [2.24, 2.45) is 5.92 Å². The summed E-state index contributed by atoms with van der Waals surface area (Å²) in [5, 5.41) is 3.46. The Morgan fingerprint density at radius 1 is 1.65 bits per heavy atom. The second kappa shape index (κ2) is 5.44. The molecule has 17 heavy (non-hydrogen) atoms. The standard InChI is InChI=1S/C13H23N3S/c1-11(8-17-3)7-16-10-15-6-12(16)13(2)4-5-14-9-13/h6,10-11,14H,4-5,7-9H2,1-3H3. The largest absolute Gasteiger partial charge is 0.334 e. The Labute approximate surface area is 108 Å². The van der Waals surface area contributed by atoms with Crippen molar-refractivity contribution in [1.29, 1.82) is 0 Å². The molecule has 3 nitrogen and oxygen atoms in total. The van der Waals surface area contributed by atoms with Crippen molar-refractivity contribution in [3.63, 3.8) is 0 Å². The lowest BCUT2D eigenvalue weighted by atomic mass is 9.86. The molecule has 0 radical (unpaired) electrons. The van der Waals surface area contributed by atoms with Crippen LogP contribution in [0.15, 0.2) is 12.5 Å². The number of hydrogen-bond donors (Lipinski definition) is 1. The zero-order valence-corrected chi connectivity index (χ0v) is 11.9. The first-order valence-electron chi connectivity index (χ1n) is 6.36. The fourth-order valence-corrected chi connectivity index (χ4v) is 3.35. The third kappa shape index (κ3) is 2.86. The molecule has 2 unspecified atom stereocenters. The van der Waals surface area contributed by atoms with Gasteiger partial charge in [-0.2, -0.15) is 11.8 Å². The zero-order valence-electron chi connectivity index (χ0n) is 11.1. The first kappa shape index (κ1) is 13.0. The van der Waals surface area contributed by atoms with Gasteiger partial charge in [0.2, 0.25) is 0 Å². The number of nitrogens with one attached hydrogen (secondary N) is 1. The smallest absolute Gasteiger partial charge is 0.0948 e. The first-order chi connectivity index (χ1) is 8.15. The van der Waals surface area contributed by atoms with Gasteiger partial charge < -0.3 is 9.88 Å². The van der Waals surface area contributed by atoms with Gasteiger partial charge in [-0.25, -0.2) is 4.98 Å². The van der Waals surface area contributed by atoms with E-state index in [1.54, 1.807) is 0 Å². The minimum absolute atomic E-state index is 0.273. The number of rotatable bonds is 5. The molecular weight excluding hydrogens is 230 g/mol. The summed E-state index contributed by atoms with van der Waals surface area (Å²) in [5.41, 5.74) is 1.67. The molecule has 0 aromatic carbocycles. The minimum Gasteiger partial charge on any atom is -0.334 e. The normalized spacial score (nSPS) is 26.3. The van der Waals surface area contributed by atoms with Crippen LogP contribution in [-0.2, 0) is 12.0 Å². The van der Waals surface area contributed by atoms with Gasteiger partial charge in [0.25, 0.3) is 0 Å². The van der Waals surface area contributed by atoms with Crippen molar-refractivity contribution in [1.82, 2.24) is 14.9 Å². The third-order valence-electron chi connectivity index (χ3n) is 3.66. The van der Waals surface area contributed by atoms with Crippen LogP contribution in [0.25, 0.3) is 0 Å². The molecule has 2 heterocycles. The van der Waals surface area contributed by atoms with Crippen LogP contribution in [0.2, 0.25) is 0 Å². The van der Waals surface area contributed by atoms with E-state index in [2.05, 4.69) is 41.2 Å². The lowest BCUT2D eigenvalue weighted by Gasteiger charge is -2.25. The lowest BCUT2D eigenvalue weighted by molar-refractivity contribution is 0.441. The molecule has 1 fully saturated rings. The van der Waals surface area contributed by atoms with Crippen molar-refractivity contribution in [3.8, 4) is 0 Å². The van der Waals surface area contributed by atoms with Crippen molar-refractivity contribution in [2.75, 3.05) is 25.1 Å². The van der Waals surface area contributed by atoms with E-state index in [0.717, 1.165) is 19.6 Å². The maximum absolute atomic E-state index is 4.35. The van der Waals surface area contributed by atoms with E-state index in [4.69, 9.17) is 0 Å². The Morgan fingerprint density at radius 2 is 2.47 bits per heavy atom. The number of aromatic nitrogens is 2. The molecule has 1 N–H and O–H groups in total. The van der Waals surface area contributed by atoms with Gasteiger partial charge in [-0.1, -0.05) is 13.8 Å². The first-order valence-corrected chi connectivity index (χ1v) is 7.75. The van der Waals surface area contributed by atoms with E-state index >= 15 is 0 Å². The van der Waals surface area contributed by atoms with Gasteiger partial charge in [-0.3, -0.25) is 0 Å². The second-order valence-corrected chi connectivity index (χ2v) is 6.39. The summed E-state index contributed by atoms with van der Waals surface area (Å²) in [5.74, 6) is 1.92. The van der Waals surface area contributed by atoms with E-state index < -0.39 is 0 Å². The molecule has 0 aliphatic carbocycles. The average Bonchev–Trinajstić information content (AvgIpc) is 2.88. The summed E-state index contributed by atoms with van der Waals surface area (Å²) >= 11 is 1.92. The molecule has 1 aromatic rings. The molecule has 96 valence electrons. The lowest BCUT2D eigenvalue weighted by Crippen LogP contribution is -2.28. The van der Waals surface area contributed by atoms with Gasteiger partial charge in [0, 0.05) is 30.4 Å². The molecule has 0 amide bonds. The van der Waals surface area contributed by atoms with Gasteiger partial charge in [-0.15, -0.1) is 0 Å². The number of thioether (sulfide) groups is 1. The predicted molar refractivity (Wildman–Crippen MR) is 74.6 cm³/mol. The summed E-state index contributed by atoms with van der Waals surface area (Å²) in [6.45, 7) is 7.96. The van der Waals surface area contributed by atoms with E-state index in [1.165, 1.54) is 17.9 Å². The SMILES string of the molecule is CSCC(C)Cn1cncc1C1(C)CCNC1. The van der Waals surface area contributed by atoms with Crippen molar-refractivity contribution in [2.45, 2.75) is 32.2 Å². The Bertz CT molecular complexity index is 355. The molecule has 0 spiro atoms. The highest BCUT2D eigenvalue weighted by atomic mass is 32.2. The van der Waals surface area contributed by atoms with Crippen molar-refractivity contribution < 1.29 is 0 Å². The van der Waals surface area contributed by atoms with Crippen LogP contribution < -0.4 is 5.32 Å². The fraction of sp³-hybridized carbons (Fsp3) is 0.769. The van der Waals surface area contributed by atoms with Crippen LogP contribution in [0.5, 0.6) is 0 Å². The quantitative estimate of drug-likeness (QED) is 0.872. The molecule has 1 aliphatic heterocycles. The molecule has 0 saturated carbocycles. The van der Waals surface area contributed by atoms with Crippen LogP contribution in [0.3, 0.4) is 0 Å². The number of hydrogen-bond acceptors (Lipinski definition) is 3. The molecule has 1 saturated heterocycles. The molecule has 1 aliphatic rings. The molecule has 2 atom stereocenters. The molecule has 0 bridgehead atoms. The summed E-state index contributed by atoms with van der Waals surface area (Å²) in [4.78, 5) is 4.35. The van der Waals surface area contributed by atoms with Crippen molar-refractivity contribution in [3.05, 3.63) is 18.2 Å². The van der Waals surface area contributed by atoms with E-state index in [-0.39, 0.29) is 5.41 Å². The minimum atomic E-state index is 0.273. The second-order valence-electron chi connectivity index (χ2n) is 5.48. The van der Waals surface area contributed by atoms with Crippen LogP contribution in [-0.4, -0.2) is 34.6 Å². The Balaban J connectivity index is 2.11. The highest BCUT2D eigenvalue weighted by Gasteiger charge is 2.33. The highest BCUT2D eigenvalue weighted by molar-refractivity contribution is 7.98. The number of nitrogens with zero attached hydrogens (tertiary/aromatic N) is 2. The summed E-state index contributed by atoms with van der Waals surface area (Å²) in [7, 11) is 0. The van der Waals surface area contributed by atoms with Gasteiger partial charge in [0.05, 0.1) is 6.33 Å². The maximum Gasteiger partial charge on any atom is 0.0948 e. The van der Waals surface area contributed by atoms with Gasteiger partial charge in [0.15, 0.2) is 0 Å². The van der Waals surface area contributed by atoms with Crippen LogP contribution in [0.4, 0.5) is 0 Å². The van der Waals surface area contributed by atoms with Gasteiger partial charge >= 0.3 is 0 Å². The van der Waals surface area contributed by atoms with Crippen LogP contribution >= 0.6 is 11.8 Å². The summed E-state index contributed by atoms with van der Waals surface area (Å²) in [6, 6.07) is 0. The average molecular weight is 253 g/mol. The Kier molecular flexibility index (Phi) is 4.15. The zero-order chi connectivity index (χ0) is 12.3. The molecule has 1 aromatic heterocycles. The topological polar surface area (TPSA) is 29.9 Å². The third-order valence-corrected chi connectivity index (χ3v) is 4.56. The summed E-state index contributed by atoms with van der Waals surface area (Å²) < 4.78 is 2.36. The summed E-state index contributed by atoms with van der Waals surface area (Å²) in [6.07, 6.45) is 7.44. The van der Waals surface area contributed by atoms with Crippen molar-refractivity contribution >= 4 is 11.8 Å². The Morgan fingerprint density at radius 3 is 3.12 bits per heavy atom. The number of imidazole rings is 1. The van der Waals surface area contributed by atoms with E-state index in [9.17, 15) is 0 Å². The monoisotopic (exact) mass is 253 g/mol. The van der Waals surface area contributed by atoms with Gasteiger partial charge in [-0.05, 0) is 30.9 Å².